The molecule has 2 aromatic carbocycles. The Kier molecular flexibility index (Phi) is 3.92. The summed E-state index contributed by atoms with van der Waals surface area (Å²) in [6.45, 7) is 4.52. The van der Waals surface area contributed by atoms with E-state index in [0.717, 1.165) is 6.42 Å². The van der Waals surface area contributed by atoms with Crippen LogP contribution in [0.3, 0.4) is 0 Å². The lowest BCUT2D eigenvalue weighted by Crippen LogP contribution is -2.61. The van der Waals surface area contributed by atoms with Crippen LogP contribution in [0.1, 0.15) is 20.3 Å². The molecule has 2 heterocycles. The van der Waals surface area contributed by atoms with Gasteiger partial charge in [0.25, 0.3) is 0 Å². The highest BCUT2D eigenvalue weighted by molar-refractivity contribution is 7.06. The summed E-state index contributed by atoms with van der Waals surface area (Å²) in [6, 6.07) is 21.9. The Balaban J connectivity index is 1.99. The van der Waals surface area contributed by atoms with E-state index in [1.165, 1.54) is 28.6 Å². The second-order valence-corrected chi connectivity index (χ2v) is 11.6. The Labute approximate surface area is 150 Å². The minimum Gasteiger partial charge on any atom is -0.469 e. The third-order valence-corrected chi connectivity index (χ3v) is 12.7. The van der Waals surface area contributed by atoms with Gasteiger partial charge in [-0.15, -0.1) is 0 Å². The molecular formula is C22H24O2Si. The zero-order valence-electron chi connectivity index (χ0n) is 15.0. The summed E-state index contributed by atoms with van der Waals surface area (Å²) in [4.78, 5) is 12.6. The number of carbonyl (C=O) groups is 1. The number of ether oxygens (including phenoxy) is 1. The number of carbonyl (C=O) groups excluding carboxylic acids is 1. The maximum Gasteiger partial charge on any atom is 0.309 e. The van der Waals surface area contributed by atoms with Gasteiger partial charge in [-0.1, -0.05) is 82.2 Å². The summed E-state index contributed by atoms with van der Waals surface area (Å²) in [6.07, 6.45) is 0.927. The first-order chi connectivity index (χ1) is 12.1. The topological polar surface area (TPSA) is 26.3 Å². The van der Waals surface area contributed by atoms with Gasteiger partial charge in [0.15, 0.2) is 0 Å². The van der Waals surface area contributed by atoms with Crippen LogP contribution in [0.15, 0.2) is 71.8 Å². The molecule has 0 unspecified atom stereocenters. The predicted molar refractivity (Wildman–Crippen MR) is 104 cm³/mol. The summed E-state index contributed by atoms with van der Waals surface area (Å²) in [5.74, 6) is -0.0473. The van der Waals surface area contributed by atoms with Gasteiger partial charge >= 0.3 is 5.97 Å². The normalized spacial score (nSPS) is 26.8. The van der Waals surface area contributed by atoms with Crippen molar-refractivity contribution in [3.05, 3.63) is 71.8 Å². The van der Waals surface area contributed by atoms with Crippen LogP contribution >= 0.6 is 0 Å². The van der Waals surface area contributed by atoms with Crippen LogP contribution < -0.4 is 10.4 Å². The lowest BCUT2D eigenvalue weighted by molar-refractivity contribution is -0.145. The van der Waals surface area contributed by atoms with Crippen LogP contribution in [0.2, 0.25) is 11.1 Å². The van der Waals surface area contributed by atoms with Crippen molar-refractivity contribution in [1.82, 2.24) is 0 Å². The largest absolute Gasteiger partial charge is 0.469 e. The van der Waals surface area contributed by atoms with E-state index in [-0.39, 0.29) is 11.9 Å². The second-order valence-electron chi connectivity index (χ2n) is 7.36. The van der Waals surface area contributed by atoms with E-state index in [1.54, 1.807) is 0 Å². The van der Waals surface area contributed by atoms with Gasteiger partial charge in [0.2, 0.25) is 0 Å². The van der Waals surface area contributed by atoms with E-state index >= 15 is 0 Å². The molecule has 2 aliphatic rings. The molecule has 0 spiro atoms. The van der Waals surface area contributed by atoms with Crippen molar-refractivity contribution >= 4 is 24.4 Å². The van der Waals surface area contributed by atoms with Gasteiger partial charge in [-0.3, -0.25) is 4.79 Å². The van der Waals surface area contributed by atoms with Gasteiger partial charge in [-0.2, -0.15) is 0 Å². The van der Waals surface area contributed by atoms with Gasteiger partial charge in [-0.05, 0) is 31.4 Å². The number of allylic oxidation sites excluding steroid dienone is 2. The molecule has 2 aromatic rings. The smallest absolute Gasteiger partial charge is 0.309 e. The molecule has 1 saturated heterocycles. The highest BCUT2D eigenvalue weighted by Crippen LogP contribution is 2.63. The number of rotatable bonds is 3. The molecule has 0 N–H and O–H groups in total. The van der Waals surface area contributed by atoms with Crippen LogP contribution in [0, 0.1) is 5.92 Å². The van der Waals surface area contributed by atoms with Crippen LogP contribution in [0.5, 0.6) is 0 Å². The minimum atomic E-state index is -2.12. The predicted octanol–water partition coefficient (Wildman–Crippen LogP) is 3.53. The van der Waals surface area contributed by atoms with Gasteiger partial charge < -0.3 is 4.74 Å². The fourth-order valence-electron chi connectivity index (χ4n) is 5.53. The van der Waals surface area contributed by atoms with Crippen molar-refractivity contribution in [3.63, 3.8) is 0 Å². The zero-order chi connectivity index (χ0) is 17.6. The Morgan fingerprint density at radius 2 is 1.44 bits per heavy atom. The molecule has 0 aromatic heterocycles. The van der Waals surface area contributed by atoms with E-state index < -0.39 is 8.07 Å². The van der Waals surface area contributed by atoms with Crippen molar-refractivity contribution < 1.29 is 9.53 Å². The lowest BCUT2D eigenvalue weighted by atomic mass is 9.85. The third-order valence-electron chi connectivity index (χ3n) is 6.55. The third kappa shape index (κ3) is 2.12. The van der Waals surface area contributed by atoms with E-state index in [2.05, 4.69) is 74.5 Å². The molecule has 0 radical (unpaired) electrons. The van der Waals surface area contributed by atoms with Gasteiger partial charge in [-0.25, -0.2) is 0 Å². The monoisotopic (exact) mass is 348 g/mol. The summed E-state index contributed by atoms with van der Waals surface area (Å²) in [5.41, 5.74) is 3.71. The molecule has 3 atom stereocenters. The number of esters is 1. The Morgan fingerprint density at radius 1 is 0.920 bits per heavy atom. The van der Waals surface area contributed by atoms with Gasteiger partial charge in [0.05, 0.1) is 13.0 Å². The number of methoxy groups -OCH3 is 1. The Bertz CT molecular complexity index is 786. The quantitative estimate of drug-likeness (QED) is 0.482. The molecule has 0 amide bonds. The first-order valence-corrected chi connectivity index (χ1v) is 11.1. The number of hydrogen-bond donors (Lipinski definition) is 0. The first kappa shape index (κ1) is 16.3. The summed E-state index contributed by atoms with van der Waals surface area (Å²) >= 11 is 0. The van der Waals surface area contributed by atoms with Crippen molar-refractivity contribution in [3.8, 4) is 0 Å². The molecule has 128 valence electrons. The van der Waals surface area contributed by atoms with Gasteiger partial charge in [0, 0.05) is 0 Å². The average molecular weight is 349 g/mol. The Hall–Kier alpha value is -2.13. The molecule has 2 bridgehead atoms. The molecule has 1 fully saturated rings. The fraction of sp³-hybridized carbons (Fsp3) is 0.318. The maximum atomic E-state index is 12.6. The second kappa shape index (κ2) is 5.99. The van der Waals surface area contributed by atoms with E-state index in [0.29, 0.717) is 11.1 Å². The van der Waals surface area contributed by atoms with E-state index in [1.807, 2.05) is 0 Å². The maximum absolute atomic E-state index is 12.6. The number of hydrogen-bond acceptors (Lipinski definition) is 2. The summed E-state index contributed by atoms with van der Waals surface area (Å²) < 4.78 is 5.20. The minimum absolute atomic E-state index is 0.00854. The van der Waals surface area contributed by atoms with E-state index in [4.69, 9.17) is 4.74 Å². The number of benzene rings is 2. The molecule has 0 aliphatic carbocycles. The molecule has 0 saturated carbocycles. The average Bonchev–Trinajstić information content (AvgIpc) is 3.13. The number of fused-ring (bicyclic) bond motifs is 2. The fourth-order valence-corrected chi connectivity index (χ4v) is 12.7. The molecule has 4 rings (SSSR count). The van der Waals surface area contributed by atoms with E-state index in [9.17, 15) is 4.79 Å². The van der Waals surface area contributed by atoms with Crippen LogP contribution in [-0.2, 0) is 9.53 Å². The van der Waals surface area contributed by atoms with Crippen LogP contribution in [-0.4, -0.2) is 21.2 Å². The van der Waals surface area contributed by atoms with Crippen molar-refractivity contribution in [2.75, 3.05) is 7.11 Å². The molecule has 25 heavy (non-hydrogen) atoms. The molecular weight excluding hydrogens is 324 g/mol. The SMILES string of the molecule is COC(=O)[C@@H]1C[C@@H]2C(C)=C(C)[C@H]1[Si]2(c1ccccc1)c1ccccc1. The first-order valence-electron chi connectivity index (χ1n) is 8.98. The highest BCUT2D eigenvalue weighted by atomic mass is 28.3. The standard InChI is InChI=1S/C22H24O2Si/c1-15-16(2)21-19(22(23)24-3)14-20(15)25(21,17-10-6-4-7-11-17)18-12-8-5-9-13-18/h4-13,19-21H,14H2,1-3H3/t19-,20-,21-/m1/s1. The summed E-state index contributed by atoms with van der Waals surface area (Å²) in [7, 11) is -0.601. The summed E-state index contributed by atoms with van der Waals surface area (Å²) in [5, 5.41) is 2.89. The van der Waals surface area contributed by atoms with Crippen molar-refractivity contribution in [1.29, 1.82) is 0 Å². The van der Waals surface area contributed by atoms with Gasteiger partial charge in [0.1, 0.15) is 8.07 Å². The molecule has 2 nitrogen and oxygen atoms in total. The van der Waals surface area contributed by atoms with Crippen LogP contribution in [0.25, 0.3) is 0 Å². The molecule has 2 aliphatic heterocycles. The Morgan fingerprint density at radius 3 is 1.92 bits per heavy atom. The van der Waals surface area contributed by atoms with Crippen LogP contribution in [0.4, 0.5) is 0 Å². The lowest BCUT2D eigenvalue weighted by Gasteiger charge is -2.35. The molecule has 3 heteroatoms. The van der Waals surface area contributed by atoms with Crippen molar-refractivity contribution in [2.24, 2.45) is 5.92 Å². The highest BCUT2D eigenvalue weighted by Gasteiger charge is 2.65. The zero-order valence-corrected chi connectivity index (χ0v) is 16.0. The van der Waals surface area contributed by atoms with Crippen molar-refractivity contribution in [2.45, 2.75) is 31.4 Å².